The van der Waals surface area contributed by atoms with Crippen LogP contribution in [0.15, 0.2) is 23.1 Å². The SMILES string of the molecule is CC1CCCN(CCCNC(=O)c2cc(S(=O)(=O)N3CCCCC3)ccc2Cl)C1. The highest BCUT2D eigenvalue weighted by molar-refractivity contribution is 7.89. The number of carbonyl (C=O) groups excluding carboxylic acids is 1. The normalized spacial score (nSPS) is 21.8. The molecule has 0 aromatic heterocycles. The molecule has 1 aromatic rings. The molecular weight excluding hydrogens is 410 g/mol. The van der Waals surface area contributed by atoms with Crippen LogP contribution in [0.3, 0.4) is 0 Å². The van der Waals surface area contributed by atoms with Gasteiger partial charge < -0.3 is 10.2 Å². The van der Waals surface area contributed by atoms with Gasteiger partial charge in [0.2, 0.25) is 10.0 Å². The van der Waals surface area contributed by atoms with Crippen LogP contribution in [0.1, 0.15) is 55.8 Å². The van der Waals surface area contributed by atoms with Crippen LogP contribution in [0, 0.1) is 5.92 Å². The van der Waals surface area contributed by atoms with E-state index in [1.165, 1.54) is 35.3 Å². The molecule has 0 bridgehead atoms. The zero-order valence-corrected chi connectivity index (χ0v) is 18.8. The maximum atomic E-state index is 12.9. The highest BCUT2D eigenvalue weighted by Crippen LogP contribution is 2.25. The number of piperidine rings is 2. The molecule has 2 aliphatic rings. The lowest BCUT2D eigenvalue weighted by Crippen LogP contribution is -2.36. The second kappa shape index (κ2) is 10.2. The molecule has 8 heteroatoms. The molecule has 6 nitrogen and oxygen atoms in total. The van der Waals surface area contributed by atoms with Gasteiger partial charge in [-0.25, -0.2) is 8.42 Å². The van der Waals surface area contributed by atoms with Crippen LogP contribution in [0.25, 0.3) is 0 Å². The molecule has 0 radical (unpaired) electrons. The first kappa shape index (κ1) is 22.5. The third-order valence-electron chi connectivity index (χ3n) is 5.81. The molecule has 2 saturated heterocycles. The molecule has 1 amide bonds. The van der Waals surface area contributed by atoms with E-state index in [1.807, 2.05) is 0 Å². The number of halogens is 1. The molecule has 1 N–H and O–H groups in total. The van der Waals surface area contributed by atoms with Gasteiger partial charge in [0, 0.05) is 26.2 Å². The van der Waals surface area contributed by atoms with E-state index in [4.69, 9.17) is 11.6 Å². The highest BCUT2D eigenvalue weighted by atomic mass is 35.5. The van der Waals surface area contributed by atoms with E-state index < -0.39 is 10.0 Å². The number of rotatable bonds is 7. The summed E-state index contributed by atoms with van der Waals surface area (Å²) in [7, 11) is -3.59. The number of hydrogen-bond donors (Lipinski definition) is 1. The second-order valence-electron chi connectivity index (χ2n) is 8.26. The van der Waals surface area contributed by atoms with Gasteiger partial charge in [-0.05, 0) is 69.3 Å². The Morgan fingerprint density at radius 2 is 1.93 bits per heavy atom. The van der Waals surface area contributed by atoms with Crippen LogP contribution in [0.4, 0.5) is 0 Å². The van der Waals surface area contributed by atoms with Crippen molar-refractivity contribution < 1.29 is 13.2 Å². The largest absolute Gasteiger partial charge is 0.352 e. The Labute approximate surface area is 179 Å². The van der Waals surface area contributed by atoms with Crippen LogP contribution in [-0.2, 0) is 10.0 Å². The van der Waals surface area contributed by atoms with E-state index in [9.17, 15) is 13.2 Å². The molecule has 2 aliphatic heterocycles. The second-order valence-corrected chi connectivity index (χ2v) is 10.6. The number of hydrogen-bond acceptors (Lipinski definition) is 4. The molecule has 2 heterocycles. The van der Waals surface area contributed by atoms with E-state index in [1.54, 1.807) is 0 Å². The smallest absolute Gasteiger partial charge is 0.252 e. The fourth-order valence-corrected chi connectivity index (χ4v) is 5.93. The Kier molecular flexibility index (Phi) is 7.96. The molecule has 2 fully saturated rings. The van der Waals surface area contributed by atoms with Crippen molar-refractivity contribution >= 4 is 27.5 Å². The number of amides is 1. The van der Waals surface area contributed by atoms with Crippen molar-refractivity contribution in [3.05, 3.63) is 28.8 Å². The van der Waals surface area contributed by atoms with Crippen LogP contribution in [0.5, 0.6) is 0 Å². The first-order chi connectivity index (χ1) is 13.9. The summed E-state index contributed by atoms with van der Waals surface area (Å²) in [6.07, 6.45) is 6.19. The zero-order valence-electron chi connectivity index (χ0n) is 17.2. The number of nitrogens with zero attached hydrogens (tertiary/aromatic N) is 2. The van der Waals surface area contributed by atoms with Gasteiger partial charge in [-0.1, -0.05) is 24.9 Å². The molecule has 3 rings (SSSR count). The minimum absolute atomic E-state index is 0.135. The van der Waals surface area contributed by atoms with Crippen LogP contribution >= 0.6 is 11.6 Å². The summed E-state index contributed by atoms with van der Waals surface area (Å²) >= 11 is 6.20. The summed E-state index contributed by atoms with van der Waals surface area (Å²) in [5.74, 6) is 0.416. The molecular formula is C21H32ClN3O3S. The van der Waals surface area contributed by atoms with Crippen LogP contribution in [-0.4, -0.2) is 62.8 Å². The maximum absolute atomic E-state index is 12.9. The van der Waals surface area contributed by atoms with E-state index in [-0.39, 0.29) is 21.4 Å². The van der Waals surface area contributed by atoms with Crippen molar-refractivity contribution in [1.82, 2.24) is 14.5 Å². The monoisotopic (exact) mass is 441 g/mol. The van der Waals surface area contributed by atoms with Gasteiger partial charge in [0.25, 0.3) is 5.91 Å². The number of nitrogens with one attached hydrogen (secondary N) is 1. The van der Waals surface area contributed by atoms with E-state index in [2.05, 4.69) is 17.1 Å². The van der Waals surface area contributed by atoms with Crippen LogP contribution in [0.2, 0.25) is 5.02 Å². The molecule has 1 unspecified atom stereocenters. The van der Waals surface area contributed by atoms with Gasteiger partial charge in [0.1, 0.15) is 0 Å². The quantitative estimate of drug-likeness (QED) is 0.658. The van der Waals surface area contributed by atoms with Crippen molar-refractivity contribution in [3.63, 3.8) is 0 Å². The van der Waals surface area contributed by atoms with Gasteiger partial charge in [-0.15, -0.1) is 0 Å². The van der Waals surface area contributed by atoms with Gasteiger partial charge >= 0.3 is 0 Å². The van der Waals surface area contributed by atoms with Gasteiger partial charge in [-0.3, -0.25) is 4.79 Å². The van der Waals surface area contributed by atoms with Gasteiger partial charge in [0.05, 0.1) is 15.5 Å². The Morgan fingerprint density at radius 1 is 1.17 bits per heavy atom. The predicted molar refractivity (Wildman–Crippen MR) is 116 cm³/mol. The summed E-state index contributed by atoms with van der Waals surface area (Å²) in [6, 6.07) is 4.40. The van der Waals surface area contributed by atoms with Crippen molar-refractivity contribution in [3.8, 4) is 0 Å². The van der Waals surface area contributed by atoms with Gasteiger partial charge in [-0.2, -0.15) is 4.31 Å². The lowest BCUT2D eigenvalue weighted by Gasteiger charge is -2.30. The Balaban J connectivity index is 1.58. The summed E-state index contributed by atoms with van der Waals surface area (Å²) < 4.78 is 27.3. The predicted octanol–water partition coefficient (Wildman–Crippen LogP) is 3.37. The maximum Gasteiger partial charge on any atom is 0.252 e. The molecule has 162 valence electrons. The number of likely N-dealkylation sites (tertiary alicyclic amines) is 1. The number of carbonyl (C=O) groups is 1. The lowest BCUT2D eigenvalue weighted by atomic mass is 10.0. The number of sulfonamides is 1. The Bertz CT molecular complexity index is 809. The standard InChI is InChI=1S/C21H32ClN3O3S/c1-17-7-5-11-24(16-17)12-6-10-23-21(26)19-15-18(8-9-20(19)22)29(27,28)25-13-3-2-4-14-25/h8-9,15,17H,2-7,10-14,16H2,1H3,(H,23,26). The van der Waals surface area contributed by atoms with Crippen molar-refractivity contribution in [2.45, 2.75) is 50.3 Å². The molecule has 1 aromatic carbocycles. The lowest BCUT2D eigenvalue weighted by molar-refractivity contribution is 0.0950. The Hall–Kier alpha value is -1.15. The average Bonchev–Trinajstić information content (AvgIpc) is 2.72. The summed E-state index contributed by atoms with van der Waals surface area (Å²) in [6.45, 7) is 7.09. The van der Waals surface area contributed by atoms with Crippen molar-refractivity contribution in [2.24, 2.45) is 5.92 Å². The fourth-order valence-electron chi connectivity index (χ4n) is 4.18. The zero-order chi connectivity index (χ0) is 20.9. The summed E-state index contributed by atoms with van der Waals surface area (Å²) in [4.78, 5) is 15.2. The third kappa shape index (κ3) is 5.94. The molecule has 0 saturated carbocycles. The minimum Gasteiger partial charge on any atom is -0.352 e. The first-order valence-corrected chi connectivity index (χ1v) is 12.5. The van der Waals surface area contributed by atoms with Gasteiger partial charge in [0.15, 0.2) is 0 Å². The summed E-state index contributed by atoms with van der Waals surface area (Å²) in [5, 5.41) is 3.16. The first-order valence-electron chi connectivity index (χ1n) is 10.7. The van der Waals surface area contributed by atoms with E-state index >= 15 is 0 Å². The third-order valence-corrected chi connectivity index (χ3v) is 8.04. The molecule has 0 aliphatic carbocycles. The molecule has 0 spiro atoms. The average molecular weight is 442 g/mol. The highest BCUT2D eigenvalue weighted by Gasteiger charge is 2.27. The van der Waals surface area contributed by atoms with Crippen molar-refractivity contribution in [1.29, 1.82) is 0 Å². The number of benzene rings is 1. The van der Waals surface area contributed by atoms with E-state index in [0.717, 1.165) is 51.2 Å². The van der Waals surface area contributed by atoms with Crippen LogP contribution < -0.4 is 5.32 Å². The fraction of sp³-hybridized carbons (Fsp3) is 0.667. The summed E-state index contributed by atoms with van der Waals surface area (Å²) in [5.41, 5.74) is 0.219. The molecule has 1 atom stereocenters. The topological polar surface area (TPSA) is 69.7 Å². The minimum atomic E-state index is -3.59. The van der Waals surface area contributed by atoms with E-state index in [0.29, 0.717) is 19.6 Å². The molecule has 29 heavy (non-hydrogen) atoms. The Morgan fingerprint density at radius 3 is 2.66 bits per heavy atom. The van der Waals surface area contributed by atoms with Crippen molar-refractivity contribution in [2.75, 3.05) is 39.3 Å².